The van der Waals surface area contributed by atoms with Crippen molar-refractivity contribution in [3.8, 4) is 0 Å². The van der Waals surface area contributed by atoms with Crippen LogP contribution in [0.3, 0.4) is 0 Å². The molecular weight excluding hydrogens is 390 g/mol. The van der Waals surface area contributed by atoms with Crippen LogP contribution in [0.25, 0.3) is 0 Å². The Bertz CT molecular complexity index is 414. The summed E-state index contributed by atoms with van der Waals surface area (Å²) >= 11 is 0. The van der Waals surface area contributed by atoms with Crippen molar-refractivity contribution in [1.82, 2.24) is 5.32 Å². The van der Waals surface area contributed by atoms with E-state index in [0.717, 1.165) is 25.7 Å². The minimum Gasteiger partial charge on any atom is -0.464 e. The summed E-state index contributed by atoms with van der Waals surface area (Å²) in [5, 5.41) is 2.62. The van der Waals surface area contributed by atoms with Gasteiger partial charge in [0.05, 0.1) is 13.2 Å². The molecule has 0 aromatic carbocycles. The number of nitrogens with one attached hydrogen (secondary N) is 1. The molecule has 0 aliphatic rings. The fourth-order valence-corrected chi connectivity index (χ4v) is 3.66. The molecule has 0 aliphatic heterocycles. The molecule has 1 amide bonds. The predicted octanol–water partition coefficient (Wildman–Crippen LogP) is 7.71. The number of alkyl carbamates (subject to hydrolysis) is 1. The molecule has 0 saturated heterocycles. The summed E-state index contributed by atoms with van der Waals surface area (Å²) in [6.45, 7) is 6.98. The van der Waals surface area contributed by atoms with Crippen LogP contribution in [0.15, 0.2) is 0 Å². The maximum Gasteiger partial charge on any atom is 0.407 e. The number of hydrogen-bond donors (Lipinski definition) is 1. The van der Waals surface area contributed by atoms with Crippen molar-refractivity contribution in [2.24, 2.45) is 0 Å². The zero-order chi connectivity index (χ0) is 23.0. The van der Waals surface area contributed by atoms with E-state index in [1.165, 1.54) is 83.5 Å². The van der Waals surface area contributed by atoms with Gasteiger partial charge in [0, 0.05) is 0 Å². The molecule has 5 heteroatoms. The lowest BCUT2D eigenvalue weighted by Crippen LogP contribution is -2.42. The molecule has 0 heterocycles. The third-order valence-electron chi connectivity index (χ3n) is 5.58. The van der Waals surface area contributed by atoms with Gasteiger partial charge in [-0.15, -0.1) is 0 Å². The van der Waals surface area contributed by atoms with Crippen molar-refractivity contribution in [2.75, 3.05) is 13.2 Å². The number of carbonyl (C=O) groups is 2. The van der Waals surface area contributed by atoms with Crippen molar-refractivity contribution in [1.29, 1.82) is 0 Å². The van der Waals surface area contributed by atoms with E-state index in [9.17, 15) is 9.59 Å². The maximum absolute atomic E-state index is 12.2. The standard InChI is InChI=1S/C26H51NO4/c1-4-7-8-9-10-11-12-13-14-15-16-17-18-19-20-23-30-25(28)24(21-5-2)27-26(29)31-22-6-3/h24H,4-23H2,1-3H3,(H,27,29). The lowest BCUT2D eigenvalue weighted by atomic mass is 10.0. The first-order valence-corrected chi connectivity index (χ1v) is 13.3. The fraction of sp³-hybridized carbons (Fsp3) is 0.923. The van der Waals surface area contributed by atoms with Gasteiger partial charge in [-0.3, -0.25) is 0 Å². The first kappa shape index (κ1) is 29.7. The first-order valence-electron chi connectivity index (χ1n) is 13.3. The maximum atomic E-state index is 12.2. The van der Waals surface area contributed by atoms with E-state index in [0.29, 0.717) is 19.6 Å². The summed E-state index contributed by atoms with van der Waals surface area (Å²) < 4.78 is 10.4. The molecule has 0 radical (unpaired) electrons. The van der Waals surface area contributed by atoms with Gasteiger partial charge >= 0.3 is 12.1 Å². The summed E-state index contributed by atoms with van der Waals surface area (Å²) in [4.78, 5) is 23.9. The molecule has 0 saturated carbocycles. The van der Waals surface area contributed by atoms with Gasteiger partial charge in [0.25, 0.3) is 0 Å². The second-order valence-corrected chi connectivity index (χ2v) is 8.74. The van der Waals surface area contributed by atoms with Gasteiger partial charge in [-0.05, 0) is 19.3 Å². The van der Waals surface area contributed by atoms with Gasteiger partial charge in [0.1, 0.15) is 6.04 Å². The Kier molecular flexibility index (Phi) is 22.5. The highest BCUT2D eigenvalue weighted by molar-refractivity contribution is 5.81. The lowest BCUT2D eigenvalue weighted by Gasteiger charge is -2.16. The van der Waals surface area contributed by atoms with Crippen molar-refractivity contribution in [3.05, 3.63) is 0 Å². The van der Waals surface area contributed by atoms with Crippen molar-refractivity contribution in [3.63, 3.8) is 0 Å². The van der Waals surface area contributed by atoms with E-state index in [4.69, 9.17) is 9.47 Å². The minimum atomic E-state index is -0.606. The molecule has 0 aromatic heterocycles. The largest absolute Gasteiger partial charge is 0.464 e. The second kappa shape index (κ2) is 23.4. The zero-order valence-corrected chi connectivity index (χ0v) is 20.9. The highest BCUT2D eigenvalue weighted by atomic mass is 16.6. The van der Waals surface area contributed by atoms with Gasteiger partial charge in [-0.1, -0.05) is 117 Å². The molecule has 1 unspecified atom stereocenters. The molecule has 0 aliphatic carbocycles. The normalized spacial score (nSPS) is 11.8. The van der Waals surface area contributed by atoms with E-state index in [1.54, 1.807) is 0 Å². The molecule has 0 spiro atoms. The Balaban J connectivity index is 3.53. The highest BCUT2D eigenvalue weighted by Crippen LogP contribution is 2.13. The summed E-state index contributed by atoms with van der Waals surface area (Å²) in [6, 6.07) is -0.606. The fourth-order valence-electron chi connectivity index (χ4n) is 3.66. The van der Waals surface area contributed by atoms with Crippen LogP contribution in [-0.4, -0.2) is 31.3 Å². The van der Waals surface area contributed by atoms with E-state index in [1.807, 2.05) is 13.8 Å². The predicted molar refractivity (Wildman–Crippen MR) is 129 cm³/mol. The van der Waals surface area contributed by atoms with Crippen molar-refractivity contribution in [2.45, 2.75) is 142 Å². The van der Waals surface area contributed by atoms with Gasteiger partial charge < -0.3 is 14.8 Å². The van der Waals surface area contributed by atoms with Gasteiger partial charge in [0.2, 0.25) is 0 Å². The summed E-state index contributed by atoms with van der Waals surface area (Å²) in [7, 11) is 0. The topological polar surface area (TPSA) is 64.6 Å². The van der Waals surface area contributed by atoms with Crippen LogP contribution in [0, 0.1) is 0 Å². The smallest absolute Gasteiger partial charge is 0.407 e. The number of esters is 1. The molecular formula is C26H51NO4. The lowest BCUT2D eigenvalue weighted by molar-refractivity contribution is -0.146. The van der Waals surface area contributed by atoms with Crippen LogP contribution < -0.4 is 5.32 Å². The molecule has 1 N–H and O–H groups in total. The van der Waals surface area contributed by atoms with Crippen LogP contribution >= 0.6 is 0 Å². The number of amides is 1. The van der Waals surface area contributed by atoms with Gasteiger partial charge in [0.15, 0.2) is 0 Å². The quantitative estimate of drug-likeness (QED) is 0.138. The minimum absolute atomic E-state index is 0.347. The van der Waals surface area contributed by atoms with Crippen molar-refractivity contribution >= 4 is 12.1 Å². The van der Waals surface area contributed by atoms with E-state index in [2.05, 4.69) is 12.2 Å². The van der Waals surface area contributed by atoms with Crippen LogP contribution in [-0.2, 0) is 14.3 Å². The zero-order valence-electron chi connectivity index (χ0n) is 20.9. The molecule has 5 nitrogen and oxygen atoms in total. The van der Waals surface area contributed by atoms with Crippen LogP contribution in [0.5, 0.6) is 0 Å². The summed E-state index contributed by atoms with van der Waals surface area (Å²) in [5.41, 5.74) is 0. The van der Waals surface area contributed by atoms with Crippen LogP contribution in [0.4, 0.5) is 4.79 Å². The van der Waals surface area contributed by atoms with E-state index >= 15 is 0 Å². The Labute approximate surface area is 192 Å². The Morgan fingerprint density at radius 1 is 0.581 bits per heavy atom. The first-order chi connectivity index (χ1) is 15.2. The SMILES string of the molecule is CCCCCCCCCCCCCCCCCOC(=O)C(CCC)NC(=O)OCCC. The van der Waals surface area contributed by atoms with Crippen molar-refractivity contribution < 1.29 is 19.1 Å². The summed E-state index contributed by atoms with van der Waals surface area (Å²) in [5.74, 6) is -0.347. The van der Waals surface area contributed by atoms with Crippen LogP contribution in [0.1, 0.15) is 136 Å². The second-order valence-electron chi connectivity index (χ2n) is 8.74. The average molecular weight is 442 g/mol. The number of unbranched alkanes of at least 4 members (excludes halogenated alkanes) is 14. The molecule has 0 fully saturated rings. The Hall–Kier alpha value is -1.26. The number of carbonyl (C=O) groups excluding carboxylic acids is 2. The average Bonchev–Trinajstić information content (AvgIpc) is 2.77. The highest BCUT2D eigenvalue weighted by Gasteiger charge is 2.21. The van der Waals surface area contributed by atoms with Crippen LogP contribution in [0.2, 0.25) is 0 Å². The van der Waals surface area contributed by atoms with Gasteiger partial charge in [-0.25, -0.2) is 9.59 Å². The molecule has 0 rings (SSSR count). The van der Waals surface area contributed by atoms with E-state index < -0.39 is 12.1 Å². The molecule has 1 atom stereocenters. The third-order valence-corrected chi connectivity index (χ3v) is 5.58. The molecule has 31 heavy (non-hydrogen) atoms. The number of rotatable bonds is 22. The van der Waals surface area contributed by atoms with E-state index in [-0.39, 0.29) is 5.97 Å². The number of hydrogen-bond acceptors (Lipinski definition) is 4. The Morgan fingerprint density at radius 3 is 1.52 bits per heavy atom. The Morgan fingerprint density at radius 2 is 1.06 bits per heavy atom. The molecule has 0 bridgehead atoms. The third kappa shape index (κ3) is 20.4. The number of ether oxygens (including phenoxy) is 2. The summed E-state index contributed by atoms with van der Waals surface area (Å²) in [6.07, 6.45) is 21.3. The molecule has 184 valence electrons. The van der Waals surface area contributed by atoms with Gasteiger partial charge in [-0.2, -0.15) is 0 Å². The molecule has 0 aromatic rings. The monoisotopic (exact) mass is 441 g/mol.